The number of carbonyl (C=O) groups is 1. The van der Waals surface area contributed by atoms with Crippen molar-refractivity contribution in [2.45, 2.75) is 15.8 Å². The Labute approximate surface area is 171 Å². The molecule has 0 aliphatic heterocycles. The standard InChI is InChI=1S/C18H14F4N4OS2/c19-12-6-8-13(9-7-12)24-15(27)14(11-4-2-1-3-5-11)28-17-26-25-16(29-17)23-10-18(20,21)22/h1-9,14H,10H2,(H,23,25)(H,24,27). The van der Waals surface area contributed by atoms with Gasteiger partial charge in [0.25, 0.3) is 0 Å². The van der Waals surface area contributed by atoms with Crippen LogP contribution in [0.2, 0.25) is 0 Å². The number of amides is 1. The third kappa shape index (κ3) is 6.43. The molecule has 29 heavy (non-hydrogen) atoms. The number of alkyl halides is 3. The van der Waals surface area contributed by atoms with Gasteiger partial charge in [-0.3, -0.25) is 4.79 Å². The summed E-state index contributed by atoms with van der Waals surface area (Å²) in [5.74, 6) is -0.808. The van der Waals surface area contributed by atoms with Gasteiger partial charge in [-0.1, -0.05) is 53.4 Å². The molecule has 0 saturated carbocycles. The van der Waals surface area contributed by atoms with E-state index in [4.69, 9.17) is 0 Å². The van der Waals surface area contributed by atoms with Crippen molar-refractivity contribution < 1.29 is 22.4 Å². The summed E-state index contributed by atoms with van der Waals surface area (Å²) in [6, 6.07) is 14.2. The topological polar surface area (TPSA) is 66.9 Å². The third-order valence-electron chi connectivity index (χ3n) is 3.52. The molecule has 0 saturated heterocycles. The first-order chi connectivity index (χ1) is 13.8. The van der Waals surface area contributed by atoms with Crippen LogP contribution in [0.3, 0.4) is 0 Å². The minimum atomic E-state index is -4.37. The number of halogens is 4. The highest BCUT2D eigenvalue weighted by atomic mass is 32.2. The molecule has 1 atom stereocenters. The zero-order valence-electron chi connectivity index (χ0n) is 14.6. The van der Waals surface area contributed by atoms with Gasteiger partial charge >= 0.3 is 6.18 Å². The minimum absolute atomic E-state index is 0.00980. The Morgan fingerprint density at radius 1 is 1.07 bits per heavy atom. The first kappa shape index (κ1) is 21.1. The molecule has 3 aromatic rings. The van der Waals surface area contributed by atoms with Gasteiger partial charge < -0.3 is 10.6 Å². The van der Waals surface area contributed by atoms with Crippen LogP contribution in [0.5, 0.6) is 0 Å². The molecule has 1 unspecified atom stereocenters. The molecule has 0 bridgehead atoms. The highest BCUT2D eigenvalue weighted by Gasteiger charge is 2.28. The van der Waals surface area contributed by atoms with E-state index in [1.807, 2.05) is 0 Å². The summed E-state index contributed by atoms with van der Waals surface area (Å²) < 4.78 is 50.4. The van der Waals surface area contributed by atoms with Gasteiger partial charge in [-0.25, -0.2) is 4.39 Å². The predicted octanol–water partition coefficient (Wildman–Crippen LogP) is 5.12. The maximum atomic E-state index is 13.1. The second kappa shape index (κ2) is 9.23. The predicted molar refractivity (Wildman–Crippen MR) is 105 cm³/mol. The zero-order valence-corrected chi connectivity index (χ0v) is 16.2. The Hall–Kier alpha value is -2.66. The van der Waals surface area contributed by atoms with Gasteiger partial charge in [0.1, 0.15) is 17.6 Å². The second-order valence-corrected chi connectivity index (χ2v) is 8.08. The average molecular weight is 442 g/mol. The molecule has 0 spiro atoms. The number of aromatic nitrogens is 2. The van der Waals surface area contributed by atoms with Gasteiger partial charge in [-0.2, -0.15) is 13.2 Å². The Bertz CT molecular complexity index is 948. The third-order valence-corrected chi connectivity index (χ3v) is 5.74. The molecular weight excluding hydrogens is 428 g/mol. The molecule has 2 aromatic carbocycles. The normalized spacial score (nSPS) is 12.4. The fourth-order valence-electron chi connectivity index (χ4n) is 2.25. The number of thioether (sulfide) groups is 1. The van der Waals surface area contributed by atoms with Crippen LogP contribution in [0.15, 0.2) is 58.9 Å². The smallest absolute Gasteiger partial charge is 0.351 e. The molecule has 0 fully saturated rings. The summed E-state index contributed by atoms with van der Waals surface area (Å²) in [5.41, 5.74) is 1.10. The second-order valence-electron chi connectivity index (χ2n) is 5.75. The number of benzene rings is 2. The Morgan fingerprint density at radius 2 is 1.76 bits per heavy atom. The van der Waals surface area contributed by atoms with E-state index in [1.54, 1.807) is 30.3 Å². The molecule has 0 aliphatic rings. The number of rotatable bonds is 7. The monoisotopic (exact) mass is 442 g/mol. The number of anilines is 2. The maximum absolute atomic E-state index is 13.1. The lowest BCUT2D eigenvalue weighted by Crippen LogP contribution is -2.21. The summed E-state index contributed by atoms with van der Waals surface area (Å²) in [6.07, 6.45) is -4.37. The lowest BCUT2D eigenvalue weighted by Gasteiger charge is -2.15. The van der Waals surface area contributed by atoms with Crippen LogP contribution in [-0.4, -0.2) is 28.8 Å². The Kier molecular flexibility index (Phi) is 6.70. The SMILES string of the molecule is O=C(Nc1ccc(F)cc1)C(Sc1nnc(NCC(F)(F)F)s1)c1ccccc1. The van der Waals surface area contributed by atoms with E-state index in [0.717, 1.165) is 23.1 Å². The first-order valence-corrected chi connectivity index (χ1v) is 9.92. The number of hydrogen-bond acceptors (Lipinski definition) is 6. The van der Waals surface area contributed by atoms with E-state index >= 15 is 0 Å². The summed E-state index contributed by atoms with van der Waals surface area (Å²) in [7, 11) is 0. The van der Waals surface area contributed by atoms with Crippen LogP contribution in [0.4, 0.5) is 28.4 Å². The van der Waals surface area contributed by atoms with Gasteiger partial charge in [0.2, 0.25) is 11.0 Å². The maximum Gasteiger partial charge on any atom is 0.405 e. The summed E-state index contributed by atoms with van der Waals surface area (Å²) >= 11 is 1.99. The molecule has 2 N–H and O–H groups in total. The first-order valence-electron chi connectivity index (χ1n) is 8.22. The Morgan fingerprint density at radius 3 is 2.41 bits per heavy atom. The van der Waals surface area contributed by atoms with Crippen molar-refractivity contribution in [2.75, 3.05) is 17.2 Å². The van der Waals surface area contributed by atoms with Crippen molar-refractivity contribution in [3.05, 3.63) is 66.0 Å². The molecule has 5 nitrogen and oxygen atoms in total. The van der Waals surface area contributed by atoms with E-state index in [1.165, 1.54) is 24.3 Å². The molecule has 3 rings (SSSR count). The summed E-state index contributed by atoms with van der Waals surface area (Å²) in [6.45, 7) is -1.22. The molecule has 1 aromatic heterocycles. The molecule has 11 heteroatoms. The van der Waals surface area contributed by atoms with Crippen molar-refractivity contribution in [2.24, 2.45) is 0 Å². The van der Waals surface area contributed by atoms with Crippen LogP contribution >= 0.6 is 23.1 Å². The molecule has 1 heterocycles. The molecular formula is C18H14F4N4OS2. The number of nitrogens with one attached hydrogen (secondary N) is 2. The fourth-order valence-corrected chi connectivity index (χ4v) is 4.19. The highest BCUT2D eigenvalue weighted by molar-refractivity contribution is 8.02. The van der Waals surface area contributed by atoms with Gasteiger partial charge in [0.05, 0.1) is 0 Å². The fraction of sp³-hybridized carbons (Fsp3) is 0.167. The molecule has 1 amide bonds. The van der Waals surface area contributed by atoms with Crippen LogP contribution in [-0.2, 0) is 4.79 Å². The van der Waals surface area contributed by atoms with Crippen LogP contribution in [0.1, 0.15) is 10.8 Å². The largest absolute Gasteiger partial charge is 0.405 e. The van der Waals surface area contributed by atoms with E-state index in [9.17, 15) is 22.4 Å². The molecule has 152 valence electrons. The van der Waals surface area contributed by atoms with Crippen molar-refractivity contribution in [1.29, 1.82) is 0 Å². The summed E-state index contributed by atoms with van der Waals surface area (Å²) in [5, 5.41) is 11.7. The van der Waals surface area contributed by atoms with E-state index in [-0.39, 0.29) is 11.0 Å². The van der Waals surface area contributed by atoms with Gasteiger partial charge in [-0.05, 0) is 29.8 Å². The van der Waals surface area contributed by atoms with Crippen molar-refractivity contribution in [3.8, 4) is 0 Å². The van der Waals surface area contributed by atoms with E-state index < -0.39 is 23.8 Å². The quantitative estimate of drug-likeness (QED) is 0.393. The van der Waals surface area contributed by atoms with Gasteiger partial charge in [-0.15, -0.1) is 10.2 Å². The van der Waals surface area contributed by atoms with Gasteiger partial charge in [0, 0.05) is 5.69 Å². The zero-order chi connectivity index (χ0) is 20.9. The van der Waals surface area contributed by atoms with E-state index in [2.05, 4.69) is 20.8 Å². The average Bonchev–Trinajstić information content (AvgIpc) is 3.14. The van der Waals surface area contributed by atoms with E-state index in [0.29, 0.717) is 15.6 Å². The van der Waals surface area contributed by atoms with Crippen LogP contribution in [0, 0.1) is 5.82 Å². The molecule has 0 radical (unpaired) electrons. The van der Waals surface area contributed by atoms with Gasteiger partial charge in [0.15, 0.2) is 4.34 Å². The number of nitrogens with zero attached hydrogens (tertiary/aromatic N) is 2. The molecule has 0 aliphatic carbocycles. The Balaban J connectivity index is 1.75. The van der Waals surface area contributed by atoms with Crippen LogP contribution in [0.25, 0.3) is 0 Å². The van der Waals surface area contributed by atoms with Crippen LogP contribution < -0.4 is 10.6 Å². The van der Waals surface area contributed by atoms with Crippen molar-refractivity contribution in [3.63, 3.8) is 0 Å². The lowest BCUT2D eigenvalue weighted by atomic mass is 10.1. The number of carbonyl (C=O) groups excluding carboxylic acids is 1. The highest BCUT2D eigenvalue weighted by Crippen LogP contribution is 2.38. The minimum Gasteiger partial charge on any atom is -0.351 e. The van der Waals surface area contributed by atoms with Crippen molar-refractivity contribution in [1.82, 2.24) is 10.2 Å². The lowest BCUT2D eigenvalue weighted by molar-refractivity contribution is -0.116. The number of hydrogen-bond donors (Lipinski definition) is 2. The van der Waals surface area contributed by atoms with Crippen molar-refractivity contribution >= 4 is 39.8 Å². The summed E-state index contributed by atoms with van der Waals surface area (Å²) in [4.78, 5) is 12.8.